The summed E-state index contributed by atoms with van der Waals surface area (Å²) in [5, 5.41) is 7.66. The summed E-state index contributed by atoms with van der Waals surface area (Å²) in [4.78, 5) is 9.39. The van der Waals surface area contributed by atoms with E-state index in [2.05, 4.69) is 22.3 Å². The maximum absolute atomic E-state index is 4.73. The van der Waals surface area contributed by atoms with E-state index in [0.29, 0.717) is 0 Å². The minimum Gasteiger partial charge on any atom is -0.373 e. The van der Waals surface area contributed by atoms with Crippen LogP contribution in [0.15, 0.2) is 6.20 Å². The van der Waals surface area contributed by atoms with Gasteiger partial charge in [0.2, 0.25) is 0 Å². The standard InChI is InChI=1S/C13H17N5S/c1-4-10-8(5-18(3)17-10)13-15-11-7-19-6-9(11)12(14-2)16-13/h5H,4,6-7H2,1-3H3,(H,14,15,16). The maximum Gasteiger partial charge on any atom is 0.165 e. The van der Waals surface area contributed by atoms with E-state index in [1.165, 1.54) is 5.56 Å². The quantitative estimate of drug-likeness (QED) is 0.931. The average Bonchev–Trinajstić information content (AvgIpc) is 3.02. The van der Waals surface area contributed by atoms with Crippen molar-refractivity contribution in [2.24, 2.45) is 7.05 Å². The first-order valence-corrected chi connectivity index (χ1v) is 7.56. The lowest BCUT2D eigenvalue weighted by Gasteiger charge is -2.08. The molecule has 0 spiro atoms. The topological polar surface area (TPSA) is 55.6 Å². The van der Waals surface area contributed by atoms with Crippen LogP contribution < -0.4 is 5.32 Å². The van der Waals surface area contributed by atoms with Gasteiger partial charge < -0.3 is 5.32 Å². The minimum absolute atomic E-state index is 0.788. The van der Waals surface area contributed by atoms with Gasteiger partial charge in [0.15, 0.2) is 5.82 Å². The number of rotatable bonds is 3. The number of hydrogen-bond donors (Lipinski definition) is 1. The molecule has 5 nitrogen and oxygen atoms in total. The summed E-state index contributed by atoms with van der Waals surface area (Å²) >= 11 is 1.89. The van der Waals surface area contributed by atoms with Gasteiger partial charge in [-0.2, -0.15) is 16.9 Å². The molecule has 100 valence electrons. The van der Waals surface area contributed by atoms with Crippen LogP contribution in [0.3, 0.4) is 0 Å². The average molecular weight is 275 g/mol. The predicted molar refractivity (Wildman–Crippen MR) is 78.2 cm³/mol. The lowest BCUT2D eigenvalue weighted by Crippen LogP contribution is -2.03. The molecule has 3 rings (SSSR count). The Morgan fingerprint density at radius 2 is 2.21 bits per heavy atom. The van der Waals surface area contributed by atoms with Crippen molar-refractivity contribution in [2.45, 2.75) is 24.9 Å². The van der Waals surface area contributed by atoms with Crippen LogP contribution in [0.4, 0.5) is 5.82 Å². The van der Waals surface area contributed by atoms with Gasteiger partial charge in [0.1, 0.15) is 5.82 Å². The van der Waals surface area contributed by atoms with Gasteiger partial charge in [-0.3, -0.25) is 4.68 Å². The van der Waals surface area contributed by atoms with Crippen LogP contribution in [0.25, 0.3) is 11.4 Å². The molecule has 0 aliphatic carbocycles. The molecule has 0 atom stereocenters. The first-order chi connectivity index (χ1) is 9.22. The van der Waals surface area contributed by atoms with Crippen molar-refractivity contribution in [2.75, 3.05) is 12.4 Å². The Morgan fingerprint density at radius 3 is 2.95 bits per heavy atom. The van der Waals surface area contributed by atoms with Crippen LogP contribution in [0, 0.1) is 0 Å². The van der Waals surface area contributed by atoms with E-state index in [1.54, 1.807) is 0 Å². The summed E-state index contributed by atoms with van der Waals surface area (Å²) < 4.78 is 1.83. The third-order valence-electron chi connectivity index (χ3n) is 3.30. The minimum atomic E-state index is 0.788. The Morgan fingerprint density at radius 1 is 1.37 bits per heavy atom. The van der Waals surface area contributed by atoms with Gasteiger partial charge in [-0.05, 0) is 6.42 Å². The third kappa shape index (κ3) is 2.10. The Hall–Kier alpha value is -1.56. The highest BCUT2D eigenvalue weighted by Gasteiger charge is 2.21. The molecular weight excluding hydrogens is 258 g/mol. The van der Waals surface area contributed by atoms with Crippen molar-refractivity contribution < 1.29 is 0 Å². The van der Waals surface area contributed by atoms with E-state index in [0.717, 1.165) is 46.5 Å². The fraction of sp³-hybridized carbons (Fsp3) is 0.462. The van der Waals surface area contributed by atoms with Gasteiger partial charge in [-0.25, -0.2) is 9.97 Å². The van der Waals surface area contributed by atoms with Gasteiger partial charge >= 0.3 is 0 Å². The molecule has 19 heavy (non-hydrogen) atoms. The Bertz CT molecular complexity index is 620. The number of nitrogens with zero attached hydrogens (tertiary/aromatic N) is 4. The summed E-state index contributed by atoms with van der Waals surface area (Å²) in [7, 11) is 3.85. The molecule has 0 saturated carbocycles. The predicted octanol–water partition coefficient (Wildman–Crippen LogP) is 2.23. The second-order valence-electron chi connectivity index (χ2n) is 4.58. The molecule has 0 bridgehead atoms. The molecule has 6 heteroatoms. The maximum atomic E-state index is 4.73. The van der Waals surface area contributed by atoms with Crippen molar-refractivity contribution in [3.8, 4) is 11.4 Å². The normalized spacial score (nSPS) is 13.6. The van der Waals surface area contributed by atoms with Crippen molar-refractivity contribution in [3.05, 3.63) is 23.1 Å². The number of hydrogen-bond acceptors (Lipinski definition) is 5. The van der Waals surface area contributed by atoms with Gasteiger partial charge in [0.25, 0.3) is 0 Å². The fourth-order valence-corrected chi connectivity index (χ4v) is 3.40. The summed E-state index contributed by atoms with van der Waals surface area (Å²) in [5.74, 6) is 3.72. The molecule has 0 radical (unpaired) electrons. The van der Waals surface area contributed by atoms with Crippen molar-refractivity contribution in [1.82, 2.24) is 19.7 Å². The Labute approximate surface area is 116 Å². The van der Waals surface area contributed by atoms with Gasteiger partial charge in [0.05, 0.1) is 17.0 Å². The zero-order valence-corrected chi connectivity index (χ0v) is 12.2. The highest BCUT2D eigenvalue weighted by molar-refractivity contribution is 7.98. The van der Waals surface area contributed by atoms with E-state index in [1.807, 2.05) is 36.7 Å². The molecule has 2 aromatic rings. The lowest BCUT2D eigenvalue weighted by molar-refractivity contribution is 0.746. The third-order valence-corrected chi connectivity index (χ3v) is 4.27. The largest absolute Gasteiger partial charge is 0.373 e. The van der Waals surface area contributed by atoms with Crippen molar-refractivity contribution in [3.63, 3.8) is 0 Å². The molecule has 2 aromatic heterocycles. The number of aryl methyl sites for hydroxylation is 2. The molecule has 0 saturated heterocycles. The van der Waals surface area contributed by atoms with E-state index < -0.39 is 0 Å². The highest BCUT2D eigenvalue weighted by atomic mass is 32.2. The summed E-state index contributed by atoms with van der Waals surface area (Å²) in [6, 6.07) is 0. The molecule has 0 amide bonds. The summed E-state index contributed by atoms with van der Waals surface area (Å²) in [5.41, 5.74) is 4.50. The number of thioether (sulfide) groups is 1. The molecular formula is C13H17N5S. The zero-order chi connectivity index (χ0) is 13.4. The van der Waals surface area contributed by atoms with Crippen LogP contribution in [-0.2, 0) is 25.0 Å². The zero-order valence-electron chi connectivity index (χ0n) is 11.4. The second kappa shape index (κ2) is 4.85. The van der Waals surface area contributed by atoms with E-state index >= 15 is 0 Å². The number of nitrogens with one attached hydrogen (secondary N) is 1. The number of fused-ring (bicyclic) bond motifs is 1. The fourth-order valence-electron chi connectivity index (χ4n) is 2.36. The van der Waals surface area contributed by atoms with Gasteiger partial charge in [0, 0.05) is 37.4 Å². The van der Waals surface area contributed by atoms with Crippen LogP contribution in [0.5, 0.6) is 0 Å². The molecule has 1 aliphatic heterocycles. The molecule has 0 aromatic carbocycles. The van der Waals surface area contributed by atoms with Crippen LogP contribution in [0.2, 0.25) is 0 Å². The second-order valence-corrected chi connectivity index (χ2v) is 5.57. The molecule has 0 fully saturated rings. The molecule has 3 heterocycles. The first-order valence-electron chi connectivity index (χ1n) is 6.41. The first kappa shape index (κ1) is 12.5. The van der Waals surface area contributed by atoms with Crippen molar-refractivity contribution >= 4 is 17.6 Å². The lowest BCUT2D eigenvalue weighted by atomic mass is 10.1. The summed E-state index contributed by atoms with van der Waals surface area (Å²) in [6.45, 7) is 2.11. The monoisotopic (exact) mass is 275 g/mol. The van der Waals surface area contributed by atoms with E-state index in [4.69, 9.17) is 4.98 Å². The molecule has 0 unspecified atom stereocenters. The van der Waals surface area contributed by atoms with Gasteiger partial charge in [-0.1, -0.05) is 6.92 Å². The number of anilines is 1. The summed E-state index contributed by atoms with van der Waals surface area (Å²) in [6.07, 6.45) is 2.89. The van der Waals surface area contributed by atoms with Crippen molar-refractivity contribution in [1.29, 1.82) is 0 Å². The molecule has 1 aliphatic rings. The Balaban J connectivity index is 2.15. The van der Waals surface area contributed by atoms with Gasteiger partial charge in [-0.15, -0.1) is 0 Å². The SMILES string of the molecule is CCc1nn(C)cc1-c1nc2c(c(NC)n1)CSC2. The smallest absolute Gasteiger partial charge is 0.165 e. The highest BCUT2D eigenvalue weighted by Crippen LogP contribution is 2.34. The van der Waals surface area contributed by atoms with E-state index in [-0.39, 0.29) is 0 Å². The van der Waals surface area contributed by atoms with Crippen LogP contribution in [0.1, 0.15) is 23.9 Å². The van der Waals surface area contributed by atoms with Crippen LogP contribution in [-0.4, -0.2) is 26.8 Å². The number of aromatic nitrogens is 4. The Kier molecular flexibility index (Phi) is 3.18. The van der Waals surface area contributed by atoms with E-state index in [9.17, 15) is 0 Å². The van der Waals surface area contributed by atoms with Crippen LogP contribution >= 0.6 is 11.8 Å². The molecule has 1 N–H and O–H groups in total.